The Hall–Kier alpha value is -0.0400. The standard InChI is InChI=1S/C16H32N.CH4/c1-2-3-13-17(14-9-10-15-17)16-11-7-5-4-6-8-12-16;/h16H,2-15H2,1H3;1H4/q+1;. The lowest BCUT2D eigenvalue weighted by Gasteiger charge is -2.43. The van der Waals surface area contributed by atoms with E-state index in [4.69, 9.17) is 0 Å². The molecule has 1 saturated carbocycles. The average molecular weight is 254 g/mol. The molecular formula is C17H36N+. The van der Waals surface area contributed by atoms with Crippen LogP contribution in [0.2, 0.25) is 0 Å². The molecule has 0 radical (unpaired) electrons. The molecule has 0 spiro atoms. The number of hydrogen-bond acceptors (Lipinski definition) is 0. The van der Waals surface area contributed by atoms with E-state index in [2.05, 4.69) is 6.92 Å². The zero-order chi connectivity index (χ0) is 12.0. The van der Waals surface area contributed by atoms with Crippen LogP contribution in [0.5, 0.6) is 0 Å². The van der Waals surface area contributed by atoms with Crippen LogP contribution in [-0.2, 0) is 0 Å². The number of nitrogens with zero attached hydrogens (tertiary/aromatic N) is 1. The zero-order valence-corrected chi connectivity index (χ0v) is 11.9. The highest BCUT2D eigenvalue weighted by atomic mass is 15.4. The van der Waals surface area contributed by atoms with Crippen molar-refractivity contribution in [3.63, 3.8) is 0 Å². The fourth-order valence-electron chi connectivity index (χ4n) is 4.19. The molecule has 1 heterocycles. The van der Waals surface area contributed by atoms with Crippen molar-refractivity contribution >= 4 is 0 Å². The highest BCUT2D eigenvalue weighted by Gasteiger charge is 2.38. The lowest BCUT2D eigenvalue weighted by molar-refractivity contribution is -0.941. The monoisotopic (exact) mass is 254 g/mol. The third-order valence-electron chi connectivity index (χ3n) is 5.26. The topological polar surface area (TPSA) is 0 Å². The highest BCUT2D eigenvalue weighted by Crippen LogP contribution is 2.32. The van der Waals surface area contributed by atoms with E-state index in [1.54, 1.807) is 0 Å². The molecule has 1 heteroatoms. The van der Waals surface area contributed by atoms with E-state index >= 15 is 0 Å². The summed E-state index contributed by atoms with van der Waals surface area (Å²) in [6, 6.07) is 1.03. The number of unbranched alkanes of at least 4 members (excludes halogenated alkanes) is 1. The van der Waals surface area contributed by atoms with Gasteiger partial charge in [0.25, 0.3) is 0 Å². The lowest BCUT2D eigenvalue weighted by atomic mass is 9.93. The van der Waals surface area contributed by atoms with E-state index < -0.39 is 0 Å². The van der Waals surface area contributed by atoms with Gasteiger partial charge in [-0.1, -0.05) is 40.0 Å². The summed E-state index contributed by atoms with van der Waals surface area (Å²) in [5.74, 6) is 0. The van der Waals surface area contributed by atoms with Crippen molar-refractivity contribution in [1.82, 2.24) is 0 Å². The summed E-state index contributed by atoms with van der Waals surface area (Å²) >= 11 is 0. The molecule has 2 fully saturated rings. The van der Waals surface area contributed by atoms with Gasteiger partial charge in [-0.2, -0.15) is 0 Å². The predicted molar refractivity (Wildman–Crippen MR) is 81.8 cm³/mol. The van der Waals surface area contributed by atoms with Gasteiger partial charge in [0.2, 0.25) is 0 Å². The summed E-state index contributed by atoms with van der Waals surface area (Å²) in [6.45, 7) is 6.85. The van der Waals surface area contributed by atoms with Crippen molar-refractivity contribution in [3.05, 3.63) is 0 Å². The Bertz CT molecular complexity index is 198. The van der Waals surface area contributed by atoms with E-state index in [1.807, 2.05) is 0 Å². The van der Waals surface area contributed by atoms with Gasteiger partial charge in [-0.15, -0.1) is 0 Å². The second-order valence-electron chi connectivity index (χ2n) is 6.45. The van der Waals surface area contributed by atoms with Crippen molar-refractivity contribution in [2.24, 2.45) is 0 Å². The first-order valence-corrected chi connectivity index (χ1v) is 8.23. The van der Waals surface area contributed by atoms with Gasteiger partial charge in [-0.05, 0) is 32.1 Å². The summed E-state index contributed by atoms with van der Waals surface area (Å²) in [6.07, 6.45) is 16.4. The number of rotatable bonds is 4. The predicted octanol–water partition coefficient (Wildman–Crippen LogP) is 5.15. The van der Waals surface area contributed by atoms with Crippen LogP contribution in [0.3, 0.4) is 0 Å². The molecule has 0 aromatic carbocycles. The minimum absolute atomic E-state index is 0. The van der Waals surface area contributed by atoms with Crippen LogP contribution < -0.4 is 0 Å². The molecule has 1 saturated heterocycles. The smallest absolute Gasteiger partial charge is 0.0890 e. The van der Waals surface area contributed by atoms with E-state index in [0.29, 0.717) is 0 Å². The number of hydrogen-bond donors (Lipinski definition) is 0. The molecule has 0 bridgehead atoms. The Morgan fingerprint density at radius 1 is 0.833 bits per heavy atom. The van der Waals surface area contributed by atoms with Gasteiger partial charge in [0.1, 0.15) is 0 Å². The van der Waals surface area contributed by atoms with E-state index in [1.165, 1.54) is 94.7 Å². The summed E-state index contributed by atoms with van der Waals surface area (Å²) < 4.78 is 1.52. The average Bonchev–Trinajstić information content (AvgIpc) is 2.75. The molecule has 1 nitrogen and oxygen atoms in total. The molecule has 0 aromatic heterocycles. The van der Waals surface area contributed by atoms with Gasteiger partial charge < -0.3 is 4.48 Å². The van der Waals surface area contributed by atoms with E-state index in [-0.39, 0.29) is 7.43 Å². The lowest BCUT2D eigenvalue weighted by Crippen LogP contribution is -2.54. The Morgan fingerprint density at radius 2 is 1.39 bits per heavy atom. The molecule has 1 aliphatic heterocycles. The Morgan fingerprint density at radius 3 is 1.94 bits per heavy atom. The third kappa shape index (κ3) is 3.98. The molecule has 18 heavy (non-hydrogen) atoms. The van der Waals surface area contributed by atoms with Crippen LogP contribution in [0.1, 0.15) is 85.0 Å². The normalized spacial score (nSPS) is 25.2. The molecule has 2 rings (SSSR count). The number of quaternary nitrogens is 1. The molecule has 2 aliphatic rings. The van der Waals surface area contributed by atoms with Crippen molar-refractivity contribution in [1.29, 1.82) is 0 Å². The summed E-state index contributed by atoms with van der Waals surface area (Å²) in [5, 5.41) is 0. The SMILES string of the molecule is C.CCCC[N+]1(C2CCCCCCC2)CCCC1. The molecule has 1 aliphatic carbocycles. The number of likely N-dealkylation sites (tertiary alicyclic amines) is 1. The van der Waals surface area contributed by atoms with Gasteiger partial charge in [0, 0.05) is 12.8 Å². The molecule has 0 amide bonds. The summed E-state index contributed by atoms with van der Waals surface area (Å²) in [5.41, 5.74) is 0. The fraction of sp³-hybridized carbons (Fsp3) is 1.00. The van der Waals surface area contributed by atoms with Gasteiger partial charge in [0.05, 0.1) is 25.7 Å². The largest absolute Gasteiger partial charge is 0.321 e. The second kappa shape index (κ2) is 8.19. The molecule has 108 valence electrons. The first kappa shape index (κ1) is 16.0. The highest BCUT2D eigenvalue weighted by molar-refractivity contribution is 4.69. The Labute approximate surface area is 116 Å². The first-order valence-electron chi connectivity index (χ1n) is 8.23. The minimum Gasteiger partial charge on any atom is -0.321 e. The van der Waals surface area contributed by atoms with Gasteiger partial charge >= 0.3 is 0 Å². The zero-order valence-electron chi connectivity index (χ0n) is 11.9. The van der Waals surface area contributed by atoms with Crippen LogP contribution >= 0.6 is 0 Å². The second-order valence-corrected chi connectivity index (χ2v) is 6.45. The summed E-state index contributed by atoms with van der Waals surface area (Å²) in [4.78, 5) is 0. The molecule has 0 atom stereocenters. The van der Waals surface area contributed by atoms with Crippen molar-refractivity contribution in [3.8, 4) is 0 Å². The molecule has 0 N–H and O–H groups in total. The van der Waals surface area contributed by atoms with Gasteiger partial charge in [0.15, 0.2) is 0 Å². The van der Waals surface area contributed by atoms with Crippen LogP contribution in [-0.4, -0.2) is 30.2 Å². The fourth-order valence-corrected chi connectivity index (χ4v) is 4.19. The first-order chi connectivity index (χ1) is 8.37. The van der Waals surface area contributed by atoms with Crippen molar-refractivity contribution < 1.29 is 4.48 Å². The van der Waals surface area contributed by atoms with E-state index in [0.717, 1.165) is 6.04 Å². The van der Waals surface area contributed by atoms with Gasteiger partial charge in [-0.25, -0.2) is 0 Å². The maximum Gasteiger partial charge on any atom is 0.0890 e. The van der Waals surface area contributed by atoms with E-state index in [9.17, 15) is 0 Å². The van der Waals surface area contributed by atoms with Gasteiger partial charge in [-0.3, -0.25) is 0 Å². The maximum absolute atomic E-state index is 2.35. The Balaban J connectivity index is 0.00000162. The molecule has 0 aromatic rings. The summed E-state index contributed by atoms with van der Waals surface area (Å²) in [7, 11) is 0. The Kier molecular flexibility index (Phi) is 7.29. The minimum atomic E-state index is 0. The quantitative estimate of drug-likeness (QED) is 0.609. The maximum atomic E-state index is 2.35. The van der Waals surface area contributed by atoms with Crippen molar-refractivity contribution in [2.45, 2.75) is 91.0 Å². The third-order valence-corrected chi connectivity index (χ3v) is 5.26. The molecule has 0 unspecified atom stereocenters. The van der Waals surface area contributed by atoms with Crippen LogP contribution in [0, 0.1) is 0 Å². The van der Waals surface area contributed by atoms with Crippen molar-refractivity contribution in [2.75, 3.05) is 19.6 Å². The van der Waals surface area contributed by atoms with Crippen LogP contribution in [0.25, 0.3) is 0 Å². The van der Waals surface area contributed by atoms with Crippen LogP contribution in [0.4, 0.5) is 0 Å². The molecular weight excluding hydrogens is 218 g/mol. The van der Waals surface area contributed by atoms with Crippen LogP contribution in [0.15, 0.2) is 0 Å².